The molecule has 7 heteroatoms. The Morgan fingerprint density at radius 2 is 2.39 bits per heavy atom. The first kappa shape index (κ1) is 12.3. The minimum absolute atomic E-state index is 0.0634. The number of rotatable bonds is 3. The van der Waals surface area contributed by atoms with Gasteiger partial charge in [-0.05, 0) is 12.8 Å². The molecule has 1 saturated heterocycles. The molecule has 2 heterocycles. The number of hydrogen-bond donors (Lipinski definition) is 2. The zero-order valence-corrected chi connectivity index (χ0v) is 9.97. The van der Waals surface area contributed by atoms with Gasteiger partial charge in [-0.2, -0.15) is 0 Å². The number of hydrogen-bond acceptors (Lipinski definition) is 6. The van der Waals surface area contributed by atoms with Gasteiger partial charge in [-0.3, -0.25) is 9.78 Å². The predicted octanol–water partition coefficient (Wildman–Crippen LogP) is -0.0463. The summed E-state index contributed by atoms with van der Waals surface area (Å²) in [6.45, 7) is 0.699. The molecule has 1 atom stereocenters. The number of carbonyl (C=O) groups excluding carboxylic acids is 2. The number of nitrogens with zero attached hydrogens (tertiary/aromatic N) is 2. The van der Waals surface area contributed by atoms with Gasteiger partial charge in [0.2, 0.25) is 5.91 Å². The third kappa shape index (κ3) is 2.73. The van der Waals surface area contributed by atoms with Gasteiger partial charge in [0.05, 0.1) is 19.5 Å². The average molecular weight is 250 g/mol. The molecule has 18 heavy (non-hydrogen) atoms. The van der Waals surface area contributed by atoms with Crippen LogP contribution in [-0.2, 0) is 9.53 Å². The molecule has 1 fully saturated rings. The highest BCUT2D eigenvalue weighted by Crippen LogP contribution is 2.10. The Morgan fingerprint density at radius 3 is 3.11 bits per heavy atom. The van der Waals surface area contributed by atoms with Gasteiger partial charge in [0, 0.05) is 6.54 Å². The lowest BCUT2D eigenvalue weighted by atomic mass is 10.1. The summed E-state index contributed by atoms with van der Waals surface area (Å²) < 4.78 is 4.55. The number of methoxy groups -OCH3 is 1. The van der Waals surface area contributed by atoms with Gasteiger partial charge in [-0.1, -0.05) is 0 Å². The second-order valence-corrected chi connectivity index (χ2v) is 3.91. The number of nitrogens with one attached hydrogen (secondary N) is 2. The summed E-state index contributed by atoms with van der Waals surface area (Å²) in [6.07, 6.45) is 4.43. The Morgan fingerprint density at radius 1 is 1.56 bits per heavy atom. The van der Waals surface area contributed by atoms with Crippen molar-refractivity contribution in [3.05, 3.63) is 18.1 Å². The standard InChI is InChI=1S/C11H14N4O3/c1-18-11(17)8-5-12-6-9(15-8)14-7-3-2-4-13-10(7)16/h5-7H,2-4H2,1H3,(H,13,16)(H,14,15). The molecular formula is C11H14N4O3. The number of aromatic nitrogens is 2. The van der Waals surface area contributed by atoms with Gasteiger partial charge in [0.1, 0.15) is 11.9 Å². The largest absolute Gasteiger partial charge is 0.464 e. The number of amides is 1. The van der Waals surface area contributed by atoms with Crippen LogP contribution in [-0.4, -0.2) is 41.5 Å². The maximum Gasteiger partial charge on any atom is 0.358 e. The van der Waals surface area contributed by atoms with E-state index in [1.807, 2.05) is 0 Å². The van der Waals surface area contributed by atoms with E-state index in [-0.39, 0.29) is 17.6 Å². The van der Waals surface area contributed by atoms with Crippen LogP contribution >= 0.6 is 0 Å². The van der Waals surface area contributed by atoms with Crippen LogP contribution in [0.1, 0.15) is 23.3 Å². The van der Waals surface area contributed by atoms with E-state index < -0.39 is 5.97 Å². The zero-order valence-electron chi connectivity index (χ0n) is 9.97. The molecule has 0 spiro atoms. The van der Waals surface area contributed by atoms with Crippen LogP contribution < -0.4 is 10.6 Å². The van der Waals surface area contributed by atoms with Gasteiger partial charge >= 0.3 is 5.97 Å². The van der Waals surface area contributed by atoms with E-state index >= 15 is 0 Å². The maximum atomic E-state index is 11.6. The topological polar surface area (TPSA) is 93.2 Å². The minimum atomic E-state index is -0.556. The van der Waals surface area contributed by atoms with Crippen molar-refractivity contribution in [1.82, 2.24) is 15.3 Å². The summed E-state index contributed by atoms with van der Waals surface area (Å²) in [5, 5.41) is 5.72. The molecule has 0 radical (unpaired) electrons. The van der Waals surface area contributed by atoms with Gasteiger partial charge in [0.15, 0.2) is 5.69 Å². The van der Waals surface area contributed by atoms with Crippen molar-refractivity contribution in [2.75, 3.05) is 19.0 Å². The first-order chi connectivity index (χ1) is 8.70. The summed E-state index contributed by atoms with van der Waals surface area (Å²) in [7, 11) is 1.28. The molecule has 7 nitrogen and oxygen atoms in total. The second kappa shape index (κ2) is 5.44. The smallest absolute Gasteiger partial charge is 0.358 e. The van der Waals surface area contributed by atoms with Crippen LogP contribution in [0, 0.1) is 0 Å². The van der Waals surface area contributed by atoms with E-state index in [2.05, 4.69) is 25.3 Å². The second-order valence-electron chi connectivity index (χ2n) is 3.91. The maximum absolute atomic E-state index is 11.6. The molecule has 1 aliphatic heterocycles. The van der Waals surface area contributed by atoms with E-state index in [1.165, 1.54) is 19.5 Å². The normalized spacial score (nSPS) is 18.9. The summed E-state index contributed by atoms with van der Waals surface area (Å²) in [5.74, 6) is -0.231. The molecule has 1 aliphatic rings. The molecule has 96 valence electrons. The summed E-state index contributed by atoms with van der Waals surface area (Å²) in [6, 6.07) is -0.332. The van der Waals surface area contributed by atoms with Gasteiger partial charge < -0.3 is 15.4 Å². The van der Waals surface area contributed by atoms with Crippen molar-refractivity contribution in [2.24, 2.45) is 0 Å². The van der Waals surface area contributed by atoms with E-state index in [0.29, 0.717) is 12.4 Å². The fourth-order valence-corrected chi connectivity index (χ4v) is 1.73. The summed E-state index contributed by atoms with van der Waals surface area (Å²) in [5.41, 5.74) is 0.110. The predicted molar refractivity (Wildman–Crippen MR) is 63.0 cm³/mol. The van der Waals surface area contributed by atoms with Crippen molar-refractivity contribution < 1.29 is 14.3 Å². The third-order valence-corrected chi connectivity index (χ3v) is 2.64. The number of anilines is 1. The lowest BCUT2D eigenvalue weighted by Gasteiger charge is -2.23. The molecule has 1 aromatic heterocycles. The molecular weight excluding hydrogens is 236 g/mol. The molecule has 1 unspecified atom stereocenters. The molecule has 0 aliphatic carbocycles. The van der Waals surface area contributed by atoms with Crippen LogP contribution in [0.15, 0.2) is 12.4 Å². The highest BCUT2D eigenvalue weighted by atomic mass is 16.5. The minimum Gasteiger partial charge on any atom is -0.464 e. The van der Waals surface area contributed by atoms with Crippen LogP contribution in [0.5, 0.6) is 0 Å². The Balaban J connectivity index is 2.09. The van der Waals surface area contributed by atoms with Crippen molar-refractivity contribution in [3.8, 4) is 0 Å². The van der Waals surface area contributed by atoms with Crippen LogP contribution in [0.4, 0.5) is 5.82 Å². The first-order valence-electron chi connectivity index (χ1n) is 5.65. The lowest BCUT2D eigenvalue weighted by Crippen LogP contribution is -2.44. The van der Waals surface area contributed by atoms with E-state index in [1.54, 1.807) is 0 Å². The lowest BCUT2D eigenvalue weighted by molar-refractivity contribution is -0.123. The molecule has 1 amide bonds. The fraction of sp³-hybridized carbons (Fsp3) is 0.455. The zero-order chi connectivity index (χ0) is 13.0. The van der Waals surface area contributed by atoms with Crippen molar-refractivity contribution in [3.63, 3.8) is 0 Å². The molecule has 0 aromatic carbocycles. The van der Waals surface area contributed by atoms with Crippen LogP contribution in [0.3, 0.4) is 0 Å². The number of carbonyl (C=O) groups is 2. The van der Waals surface area contributed by atoms with E-state index in [9.17, 15) is 9.59 Å². The van der Waals surface area contributed by atoms with Gasteiger partial charge in [-0.15, -0.1) is 0 Å². The molecule has 0 saturated carbocycles. The molecule has 0 bridgehead atoms. The Hall–Kier alpha value is -2.18. The van der Waals surface area contributed by atoms with E-state index in [4.69, 9.17) is 0 Å². The SMILES string of the molecule is COC(=O)c1cncc(NC2CCCNC2=O)n1. The van der Waals surface area contributed by atoms with Gasteiger partial charge in [-0.25, -0.2) is 9.78 Å². The van der Waals surface area contributed by atoms with Crippen molar-refractivity contribution >= 4 is 17.7 Å². The summed E-state index contributed by atoms with van der Waals surface area (Å²) >= 11 is 0. The van der Waals surface area contributed by atoms with Crippen LogP contribution in [0.25, 0.3) is 0 Å². The molecule has 2 rings (SSSR count). The van der Waals surface area contributed by atoms with Crippen LogP contribution in [0.2, 0.25) is 0 Å². The Bertz CT molecular complexity index is 463. The molecule has 1 aromatic rings. The number of ether oxygens (including phenoxy) is 1. The molecule has 2 N–H and O–H groups in total. The highest BCUT2D eigenvalue weighted by Gasteiger charge is 2.22. The highest BCUT2D eigenvalue weighted by molar-refractivity contribution is 5.87. The van der Waals surface area contributed by atoms with Crippen molar-refractivity contribution in [2.45, 2.75) is 18.9 Å². The monoisotopic (exact) mass is 250 g/mol. The van der Waals surface area contributed by atoms with Crippen molar-refractivity contribution in [1.29, 1.82) is 0 Å². The Kier molecular flexibility index (Phi) is 3.71. The first-order valence-corrected chi connectivity index (χ1v) is 5.65. The van der Waals surface area contributed by atoms with E-state index in [0.717, 1.165) is 12.8 Å². The number of piperidine rings is 1. The Labute approximate surface area is 104 Å². The number of esters is 1. The van der Waals surface area contributed by atoms with Gasteiger partial charge in [0.25, 0.3) is 0 Å². The average Bonchev–Trinajstić information content (AvgIpc) is 2.41. The summed E-state index contributed by atoms with van der Waals surface area (Å²) in [4.78, 5) is 30.8. The third-order valence-electron chi connectivity index (χ3n) is 2.64. The fourth-order valence-electron chi connectivity index (χ4n) is 1.73. The quantitative estimate of drug-likeness (QED) is 0.731.